The van der Waals surface area contributed by atoms with Crippen molar-refractivity contribution in [3.05, 3.63) is 16.7 Å². The third-order valence-electron chi connectivity index (χ3n) is 4.39. The number of thioether (sulfide) groups is 1. The summed E-state index contributed by atoms with van der Waals surface area (Å²) in [6.07, 6.45) is 1.71. The third-order valence-corrected chi connectivity index (χ3v) is 5.37. The van der Waals surface area contributed by atoms with E-state index in [1.54, 1.807) is 0 Å². The zero-order chi connectivity index (χ0) is 18.0. The van der Waals surface area contributed by atoms with Crippen LogP contribution in [-0.2, 0) is 6.42 Å². The number of nitrogens with one attached hydrogen (secondary N) is 1. The van der Waals surface area contributed by atoms with E-state index in [1.807, 2.05) is 20.8 Å². The lowest BCUT2D eigenvalue weighted by molar-refractivity contribution is 0.454. The number of pyridine rings is 1. The molecule has 1 unspecified atom stereocenters. The van der Waals surface area contributed by atoms with Crippen LogP contribution in [0.15, 0.2) is 5.16 Å². The molecule has 4 heterocycles. The van der Waals surface area contributed by atoms with Crippen molar-refractivity contribution in [1.29, 1.82) is 0 Å². The summed E-state index contributed by atoms with van der Waals surface area (Å²) in [6.45, 7) is 8.70. The number of piperazine rings is 1. The average molecular weight is 384 g/mol. The first-order chi connectivity index (χ1) is 12.2. The van der Waals surface area contributed by atoms with Crippen molar-refractivity contribution in [2.75, 3.05) is 30.3 Å². The number of halogens is 2. The van der Waals surface area contributed by atoms with Crippen molar-refractivity contribution >= 4 is 40.1 Å². The fourth-order valence-electron chi connectivity index (χ4n) is 3.36. The van der Waals surface area contributed by atoms with Crippen molar-refractivity contribution in [1.82, 2.24) is 20.3 Å². The molecule has 0 bridgehead atoms. The second-order valence-electron chi connectivity index (χ2n) is 5.74. The van der Waals surface area contributed by atoms with Gasteiger partial charge in [0.2, 0.25) is 0 Å². The molecule has 0 saturated carbocycles. The summed E-state index contributed by atoms with van der Waals surface area (Å²) in [6, 6.07) is 0.345. The van der Waals surface area contributed by atoms with Gasteiger partial charge in [-0.05, 0) is 18.6 Å². The first-order valence-corrected chi connectivity index (χ1v) is 10.2. The topological polar surface area (TPSA) is 53.9 Å². The van der Waals surface area contributed by atoms with Crippen molar-refractivity contribution in [2.24, 2.45) is 0 Å². The van der Waals surface area contributed by atoms with E-state index in [9.17, 15) is 4.39 Å². The Hall–Kier alpha value is -1.18. The number of anilines is 1. The van der Waals surface area contributed by atoms with Crippen LogP contribution in [0.3, 0.4) is 0 Å². The highest BCUT2D eigenvalue weighted by Gasteiger charge is 2.31. The molecule has 0 spiro atoms. The summed E-state index contributed by atoms with van der Waals surface area (Å²) in [5.41, 5.74) is 1.11. The Kier molecular flexibility index (Phi) is 5.96. The highest BCUT2D eigenvalue weighted by Crippen LogP contribution is 2.37. The molecule has 8 heteroatoms. The van der Waals surface area contributed by atoms with E-state index in [2.05, 4.69) is 20.2 Å². The Balaban J connectivity index is 0.000000880. The van der Waals surface area contributed by atoms with Gasteiger partial charge in [0.1, 0.15) is 11.3 Å². The molecule has 5 nitrogen and oxygen atoms in total. The minimum absolute atomic E-state index is 0.0948. The third kappa shape index (κ3) is 3.41. The Morgan fingerprint density at radius 1 is 1.32 bits per heavy atom. The molecule has 0 radical (unpaired) electrons. The molecular formula is C17H23ClFN5S. The van der Waals surface area contributed by atoms with Crippen LogP contribution in [0.1, 0.15) is 32.9 Å². The van der Waals surface area contributed by atoms with Gasteiger partial charge >= 0.3 is 0 Å². The molecule has 2 aliphatic heterocycles. The van der Waals surface area contributed by atoms with Crippen molar-refractivity contribution in [3.8, 4) is 0 Å². The Labute approximate surface area is 156 Å². The van der Waals surface area contributed by atoms with E-state index in [1.165, 1.54) is 11.8 Å². The number of hydrogen-bond acceptors (Lipinski definition) is 6. The Morgan fingerprint density at radius 2 is 2.12 bits per heavy atom. The van der Waals surface area contributed by atoms with Crippen LogP contribution in [-0.4, -0.2) is 46.4 Å². The van der Waals surface area contributed by atoms with Gasteiger partial charge in [-0.15, -0.1) is 0 Å². The van der Waals surface area contributed by atoms with Gasteiger partial charge < -0.3 is 10.2 Å². The molecule has 2 aliphatic rings. The maximum Gasteiger partial charge on any atom is 0.190 e. The summed E-state index contributed by atoms with van der Waals surface area (Å²) < 4.78 is 14.6. The fraction of sp³-hybridized carbons (Fsp3) is 0.588. The first kappa shape index (κ1) is 18.6. The lowest BCUT2D eigenvalue weighted by atomic mass is 10.1. The minimum Gasteiger partial charge on any atom is -0.350 e. The SMILES string of the molecule is CC.CCSc1nc2c3c(nc(Cl)c(F)c3n1)CCC1CNCCN21. The summed E-state index contributed by atoms with van der Waals surface area (Å²) in [5.74, 6) is 1.11. The molecule has 25 heavy (non-hydrogen) atoms. The van der Waals surface area contributed by atoms with Crippen LogP contribution < -0.4 is 10.2 Å². The molecule has 4 rings (SSSR count). The van der Waals surface area contributed by atoms with Crippen LogP contribution in [0.25, 0.3) is 10.9 Å². The van der Waals surface area contributed by atoms with Gasteiger partial charge in [-0.3, -0.25) is 0 Å². The fourth-order valence-corrected chi connectivity index (χ4v) is 4.11. The molecule has 0 amide bonds. The maximum atomic E-state index is 14.6. The van der Waals surface area contributed by atoms with Gasteiger partial charge in [-0.25, -0.2) is 19.3 Å². The predicted molar refractivity (Wildman–Crippen MR) is 102 cm³/mol. The minimum atomic E-state index is -0.541. The quantitative estimate of drug-likeness (QED) is 0.485. The summed E-state index contributed by atoms with van der Waals surface area (Å²) in [4.78, 5) is 15.7. The van der Waals surface area contributed by atoms with E-state index in [0.29, 0.717) is 16.7 Å². The number of hydrogen-bond donors (Lipinski definition) is 1. The number of aryl methyl sites for hydroxylation is 1. The Bertz CT molecular complexity index is 773. The molecule has 2 aromatic heterocycles. The molecule has 1 N–H and O–H groups in total. The molecule has 1 atom stereocenters. The van der Waals surface area contributed by atoms with Gasteiger partial charge in [-0.2, -0.15) is 0 Å². The van der Waals surface area contributed by atoms with Crippen molar-refractivity contribution in [2.45, 2.75) is 44.8 Å². The summed E-state index contributed by atoms with van der Waals surface area (Å²) in [5, 5.41) is 4.66. The number of nitrogens with zero attached hydrogens (tertiary/aromatic N) is 4. The van der Waals surface area contributed by atoms with E-state index in [0.717, 1.165) is 55.1 Å². The highest BCUT2D eigenvalue weighted by molar-refractivity contribution is 7.99. The second-order valence-corrected chi connectivity index (χ2v) is 7.33. The van der Waals surface area contributed by atoms with Gasteiger partial charge in [0, 0.05) is 25.7 Å². The van der Waals surface area contributed by atoms with Crippen LogP contribution in [0, 0.1) is 5.82 Å². The van der Waals surface area contributed by atoms with Crippen LogP contribution in [0.4, 0.5) is 10.2 Å². The van der Waals surface area contributed by atoms with Gasteiger partial charge in [0.05, 0.1) is 11.1 Å². The number of rotatable bonds is 2. The standard InChI is InChI=1S/C15H17ClFN5S.C2H6/c1-2-23-15-20-12-10-9(19-13(16)11(12)17)4-3-8-7-18-5-6-22(8)14(10)21-15;1-2/h8,18H,2-7H2,1H3;1-2H3. The predicted octanol–water partition coefficient (Wildman–Crippen LogP) is 3.68. The summed E-state index contributed by atoms with van der Waals surface area (Å²) in [7, 11) is 0. The van der Waals surface area contributed by atoms with E-state index in [-0.39, 0.29) is 5.15 Å². The molecule has 0 aliphatic carbocycles. The molecule has 0 aromatic carbocycles. The molecular weight excluding hydrogens is 361 g/mol. The van der Waals surface area contributed by atoms with Crippen molar-refractivity contribution in [3.63, 3.8) is 0 Å². The molecule has 2 aromatic rings. The summed E-state index contributed by atoms with van der Waals surface area (Å²) >= 11 is 7.52. The van der Waals surface area contributed by atoms with Crippen molar-refractivity contribution < 1.29 is 4.39 Å². The van der Waals surface area contributed by atoms with Crippen LogP contribution in [0.5, 0.6) is 0 Å². The molecule has 1 saturated heterocycles. The van der Waals surface area contributed by atoms with Crippen LogP contribution in [0.2, 0.25) is 5.15 Å². The first-order valence-electron chi connectivity index (χ1n) is 8.84. The normalized spacial score (nSPS) is 19.1. The maximum absolute atomic E-state index is 14.6. The zero-order valence-electron chi connectivity index (χ0n) is 14.8. The van der Waals surface area contributed by atoms with Gasteiger partial charge in [0.25, 0.3) is 0 Å². The van der Waals surface area contributed by atoms with E-state index < -0.39 is 5.82 Å². The monoisotopic (exact) mass is 383 g/mol. The number of aromatic nitrogens is 3. The van der Waals surface area contributed by atoms with E-state index >= 15 is 0 Å². The number of fused-ring (bicyclic) bond motifs is 2. The van der Waals surface area contributed by atoms with E-state index in [4.69, 9.17) is 16.6 Å². The molecule has 136 valence electrons. The molecule has 1 fully saturated rings. The van der Waals surface area contributed by atoms with Crippen LogP contribution >= 0.6 is 23.4 Å². The zero-order valence-corrected chi connectivity index (χ0v) is 16.3. The highest BCUT2D eigenvalue weighted by atomic mass is 35.5. The van der Waals surface area contributed by atoms with Gasteiger partial charge in [0.15, 0.2) is 16.1 Å². The van der Waals surface area contributed by atoms with Gasteiger partial charge in [-0.1, -0.05) is 44.1 Å². The smallest absolute Gasteiger partial charge is 0.190 e. The lowest BCUT2D eigenvalue weighted by Crippen LogP contribution is -2.51. The lowest BCUT2D eigenvalue weighted by Gasteiger charge is -2.36. The second kappa shape index (κ2) is 8.01. The largest absolute Gasteiger partial charge is 0.350 e. The Morgan fingerprint density at radius 3 is 2.88 bits per heavy atom. The average Bonchev–Trinajstić information content (AvgIpc) is 2.80.